The molecule has 0 saturated heterocycles. The number of aromatic amines is 1. The summed E-state index contributed by atoms with van der Waals surface area (Å²) in [6.45, 7) is 5.33. The Hall–Kier alpha value is -2.63. The highest BCUT2D eigenvalue weighted by atomic mass is 16.5. The molecule has 0 radical (unpaired) electrons. The second kappa shape index (κ2) is 12.3. The van der Waals surface area contributed by atoms with Crippen molar-refractivity contribution < 1.29 is 10.0 Å². The summed E-state index contributed by atoms with van der Waals surface area (Å²) in [7, 11) is 0. The van der Waals surface area contributed by atoms with Gasteiger partial charge >= 0.3 is 0 Å². The van der Waals surface area contributed by atoms with Crippen molar-refractivity contribution in [1.29, 1.82) is 0 Å². The van der Waals surface area contributed by atoms with Gasteiger partial charge in [-0.15, -0.1) is 0 Å². The molecular weight excluding hydrogens is 386 g/mol. The van der Waals surface area contributed by atoms with E-state index in [1.807, 2.05) is 0 Å². The molecule has 3 rings (SSSR count). The zero-order chi connectivity index (χ0) is 21.9. The third-order valence-electron chi connectivity index (χ3n) is 5.89. The molecule has 2 aromatic carbocycles. The van der Waals surface area contributed by atoms with E-state index < -0.39 is 0 Å². The van der Waals surface area contributed by atoms with Gasteiger partial charge in [-0.05, 0) is 48.6 Å². The van der Waals surface area contributed by atoms with Crippen LogP contribution in [0, 0.1) is 0 Å². The fourth-order valence-corrected chi connectivity index (χ4v) is 4.03. The third-order valence-corrected chi connectivity index (χ3v) is 5.89. The molecule has 0 fully saturated rings. The Morgan fingerprint density at radius 3 is 2.52 bits per heavy atom. The van der Waals surface area contributed by atoms with Gasteiger partial charge < -0.3 is 4.98 Å². The summed E-state index contributed by atoms with van der Waals surface area (Å²) in [6.07, 6.45) is 9.18. The molecule has 3 N–H and O–H groups in total. The van der Waals surface area contributed by atoms with Gasteiger partial charge in [0.2, 0.25) is 5.91 Å². The molecule has 3 aromatic rings. The Bertz CT molecular complexity index is 933. The second-order valence-corrected chi connectivity index (χ2v) is 8.30. The van der Waals surface area contributed by atoms with Gasteiger partial charge in [0.15, 0.2) is 0 Å². The zero-order valence-corrected chi connectivity index (χ0v) is 18.6. The van der Waals surface area contributed by atoms with Crippen LogP contribution >= 0.6 is 0 Å². The lowest BCUT2D eigenvalue weighted by Gasteiger charge is -2.22. The van der Waals surface area contributed by atoms with Gasteiger partial charge in [-0.1, -0.05) is 68.7 Å². The molecule has 0 bridgehead atoms. The van der Waals surface area contributed by atoms with E-state index in [1.54, 1.807) is 5.48 Å². The molecule has 1 heterocycles. The van der Waals surface area contributed by atoms with E-state index in [0.29, 0.717) is 12.8 Å². The predicted octanol–water partition coefficient (Wildman–Crippen LogP) is 5.23. The van der Waals surface area contributed by atoms with Crippen LogP contribution in [0.3, 0.4) is 0 Å². The number of carbonyl (C=O) groups excluding carboxylic acids is 1. The number of fused-ring (bicyclic) bond motifs is 1. The maximum absolute atomic E-state index is 11.2. The van der Waals surface area contributed by atoms with Gasteiger partial charge in [0, 0.05) is 36.6 Å². The van der Waals surface area contributed by atoms with Crippen molar-refractivity contribution in [2.75, 3.05) is 13.1 Å². The SMILES string of the molecule is CCCCCCN(CCc1c[nH]c2ccccc12)Cc1ccc(CCC(=O)NO)cc1. The average Bonchev–Trinajstić information content (AvgIpc) is 3.22. The van der Waals surface area contributed by atoms with Crippen molar-refractivity contribution in [3.8, 4) is 0 Å². The fourth-order valence-electron chi connectivity index (χ4n) is 4.03. The van der Waals surface area contributed by atoms with Gasteiger partial charge in [0.05, 0.1) is 0 Å². The topological polar surface area (TPSA) is 68.4 Å². The number of rotatable bonds is 13. The number of aromatic nitrogens is 1. The molecule has 1 aromatic heterocycles. The summed E-state index contributed by atoms with van der Waals surface area (Å²) in [4.78, 5) is 17.2. The number of hydrogen-bond acceptors (Lipinski definition) is 3. The van der Waals surface area contributed by atoms with Gasteiger partial charge in [-0.2, -0.15) is 0 Å². The molecule has 0 unspecified atom stereocenters. The lowest BCUT2D eigenvalue weighted by molar-refractivity contribution is -0.129. The van der Waals surface area contributed by atoms with Crippen LogP contribution < -0.4 is 5.48 Å². The lowest BCUT2D eigenvalue weighted by Crippen LogP contribution is -2.27. The van der Waals surface area contributed by atoms with Gasteiger partial charge in [0.25, 0.3) is 0 Å². The first-order chi connectivity index (χ1) is 15.2. The van der Waals surface area contributed by atoms with Crippen LogP contribution in [0.5, 0.6) is 0 Å². The number of benzene rings is 2. The summed E-state index contributed by atoms with van der Waals surface area (Å²) in [5, 5.41) is 9.95. The molecule has 31 heavy (non-hydrogen) atoms. The second-order valence-electron chi connectivity index (χ2n) is 8.30. The number of unbranched alkanes of at least 4 members (excludes halogenated alkanes) is 3. The van der Waals surface area contributed by atoms with E-state index in [0.717, 1.165) is 31.6 Å². The summed E-state index contributed by atoms with van der Waals surface area (Å²) in [6, 6.07) is 17.0. The van der Waals surface area contributed by atoms with Gasteiger partial charge in [0.1, 0.15) is 0 Å². The lowest BCUT2D eigenvalue weighted by atomic mass is 10.1. The molecule has 1 amide bonds. The molecule has 0 aliphatic carbocycles. The number of aryl methyl sites for hydroxylation is 1. The molecular formula is C26H35N3O2. The first kappa shape index (κ1) is 23.0. The maximum atomic E-state index is 11.2. The highest BCUT2D eigenvalue weighted by molar-refractivity contribution is 5.83. The van der Waals surface area contributed by atoms with Crippen molar-refractivity contribution in [2.45, 2.75) is 58.4 Å². The number of hydrogen-bond donors (Lipinski definition) is 3. The van der Waals surface area contributed by atoms with Crippen molar-refractivity contribution >= 4 is 16.8 Å². The van der Waals surface area contributed by atoms with Gasteiger partial charge in [-0.3, -0.25) is 14.9 Å². The summed E-state index contributed by atoms with van der Waals surface area (Å²) < 4.78 is 0. The third kappa shape index (κ3) is 7.23. The van der Waals surface area contributed by atoms with Crippen molar-refractivity contribution in [2.24, 2.45) is 0 Å². The van der Waals surface area contributed by atoms with Crippen LogP contribution in [-0.2, 0) is 24.2 Å². The number of para-hydroxylation sites is 1. The number of nitrogens with one attached hydrogen (secondary N) is 2. The highest BCUT2D eigenvalue weighted by Gasteiger charge is 2.10. The zero-order valence-electron chi connectivity index (χ0n) is 18.6. The van der Waals surface area contributed by atoms with Crippen LogP contribution in [0.15, 0.2) is 54.7 Å². The predicted molar refractivity (Wildman–Crippen MR) is 126 cm³/mol. The number of carbonyl (C=O) groups is 1. The fraction of sp³-hybridized carbons (Fsp3) is 0.423. The van der Waals surface area contributed by atoms with Gasteiger partial charge in [-0.25, -0.2) is 5.48 Å². The Kier molecular flexibility index (Phi) is 9.13. The van der Waals surface area contributed by atoms with Crippen molar-refractivity contribution in [3.05, 3.63) is 71.4 Å². The van der Waals surface area contributed by atoms with E-state index in [9.17, 15) is 4.79 Å². The van der Waals surface area contributed by atoms with Crippen LogP contribution in [0.1, 0.15) is 55.7 Å². The van der Waals surface area contributed by atoms with Crippen LogP contribution in [-0.4, -0.2) is 34.1 Å². The van der Waals surface area contributed by atoms with Crippen molar-refractivity contribution in [1.82, 2.24) is 15.4 Å². The number of amides is 1. The standard InChI is InChI=1S/C26H35N3O2/c1-2-3-4-7-17-29(18-16-23-19-27-25-9-6-5-8-24(23)25)20-22-12-10-21(11-13-22)14-15-26(30)28-31/h5-6,8-13,19,27,31H,2-4,7,14-18,20H2,1H3,(H,28,30). The maximum Gasteiger partial charge on any atom is 0.243 e. The minimum atomic E-state index is -0.348. The van der Waals surface area contributed by atoms with E-state index >= 15 is 0 Å². The van der Waals surface area contributed by atoms with E-state index in [-0.39, 0.29) is 5.91 Å². The van der Waals surface area contributed by atoms with Crippen LogP contribution in [0.4, 0.5) is 0 Å². The molecule has 0 spiro atoms. The molecule has 0 aliphatic heterocycles. The summed E-state index contributed by atoms with van der Waals surface area (Å²) >= 11 is 0. The first-order valence-electron chi connectivity index (χ1n) is 11.5. The average molecular weight is 422 g/mol. The Labute approximate surface area is 185 Å². The molecule has 0 atom stereocenters. The Morgan fingerprint density at radius 1 is 0.968 bits per heavy atom. The largest absolute Gasteiger partial charge is 0.361 e. The molecule has 0 saturated carbocycles. The highest BCUT2D eigenvalue weighted by Crippen LogP contribution is 2.19. The molecule has 5 heteroatoms. The van der Waals surface area contributed by atoms with Crippen molar-refractivity contribution in [3.63, 3.8) is 0 Å². The smallest absolute Gasteiger partial charge is 0.243 e. The Morgan fingerprint density at radius 2 is 1.74 bits per heavy atom. The molecule has 166 valence electrons. The monoisotopic (exact) mass is 421 g/mol. The molecule has 0 aliphatic rings. The quantitative estimate of drug-likeness (QED) is 0.201. The number of nitrogens with zero attached hydrogens (tertiary/aromatic N) is 1. The minimum absolute atomic E-state index is 0.296. The number of H-pyrrole nitrogens is 1. The molecule has 5 nitrogen and oxygen atoms in total. The Balaban J connectivity index is 1.59. The normalized spacial score (nSPS) is 11.3. The van der Waals surface area contributed by atoms with Crippen LogP contribution in [0.25, 0.3) is 10.9 Å². The van der Waals surface area contributed by atoms with E-state index in [4.69, 9.17) is 5.21 Å². The van der Waals surface area contributed by atoms with E-state index in [1.165, 1.54) is 47.7 Å². The summed E-state index contributed by atoms with van der Waals surface area (Å²) in [5.74, 6) is -0.348. The van der Waals surface area contributed by atoms with E-state index in [2.05, 4.69) is 71.5 Å². The first-order valence-corrected chi connectivity index (χ1v) is 11.5. The number of hydroxylamine groups is 1. The van der Waals surface area contributed by atoms with Crippen LogP contribution in [0.2, 0.25) is 0 Å². The minimum Gasteiger partial charge on any atom is -0.361 e. The summed E-state index contributed by atoms with van der Waals surface area (Å²) in [5.41, 5.74) is 6.68.